The van der Waals surface area contributed by atoms with E-state index in [0.717, 1.165) is 16.7 Å². The van der Waals surface area contributed by atoms with Gasteiger partial charge in [0.2, 0.25) is 0 Å². The van der Waals surface area contributed by atoms with Crippen molar-refractivity contribution >= 4 is 45.3 Å². The minimum Gasteiger partial charge on any atom is -0.497 e. The Balaban J connectivity index is 1.73. The van der Waals surface area contributed by atoms with Gasteiger partial charge in [-0.15, -0.1) is 21.5 Å². The predicted molar refractivity (Wildman–Crippen MR) is 88.0 cm³/mol. The van der Waals surface area contributed by atoms with Crippen LogP contribution in [0.25, 0.3) is 22.1 Å². The molecule has 4 rings (SSSR count). The number of nitrogens with zero attached hydrogens (tertiary/aromatic N) is 3. The van der Waals surface area contributed by atoms with Crippen molar-refractivity contribution in [1.29, 1.82) is 0 Å². The molecule has 114 valence electrons. The van der Waals surface area contributed by atoms with Crippen LogP contribution < -0.4 is 10.1 Å². The van der Waals surface area contributed by atoms with E-state index in [4.69, 9.17) is 4.74 Å². The first kappa shape index (κ1) is 13.6. The Bertz CT molecular complexity index is 1010. The molecule has 0 bridgehead atoms. The standard InChI is InChI=1S/C15H11N5O2S/c1-22-8-4-5-10-9(7-8)12-13(16-10)17-15(20-19-12)18-14(21)11-3-2-6-23-11/h2-7H,1H3,(H2,16,17,18,20,21). The molecule has 8 heteroatoms. The summed E-state index contributed by atoms with van der Waals surface area (Å²) in [7, 11) is 1.61. The van der Waals surface area contributed by atoms with E-state index in [1.54, 1.807) is 13.2 Å². The average molecular weight is 325 g/mol. The van der Waals surface area contributed by atoms with Crippen LogP contribution in [0.4, 0.5) is 5.95 Å². The number of aromatic nitrogens is 4. The van der Waals surface area contributed by atoms with Gasteiger partial charge in [-0.3, -0.25) is 10.1 Å². The molecule has 0 spiro atoms. The van der Waals surface area contributed by atoms with Gasteiger partial charge in [-0.05, 0) is 29.6 Å². The number of aromatic amines is 1. The second kappa shape index (κ2) is 5.33. The third-order valence-corrected chi connectivity index (χ3v) is 4.26. The molecule has 0 saturated heterocycles. The van der Waals surface area contributed by atoms with E-state index < -0.39 is 0 Å². The molecule has 0 aliphatic carbocycles. The van der Waals surface area contributed by atoms with Crippen molar-refractivity contribution in [2.45, 2.75) is 0 Å². The monoisotopic (exact) mass is 325 g/mol. The molecule has 3 heterocycles. The maximum absolute atomic E-state index is 12.0. The number of anilines is 1. The van der Waals surface area contributed by atoms with E-state index >= 15 is 0 Å². The lowest BCUT2D eigenvalue weighted by Gasteiger charge is -2.00. The highest BCUT2D eigenvalue weighted by molar-refractivity contribution is 7.12. The van der Waals surface area contributed by atoms with Crippen LogP contribution in [-0.4, -0.2) is 33.2 Å². The predicted octanol–water partition coefficient (Wildman–Crippen LogP) is 2.83. The van der Waals surface area contributed by atoms with E-state index in [-0.39, 0.29) is 11.9 Å². The van der Waals surface area contributed by atoms with Crippen LogP contribution in [0.1, 0.15) is 9.67 Å². The number of hydrogen-bond acceptors (Lipinski definition) is 6. The van der Waals surface area contributed by atoms with Gasteiger partial charge in [-0.2, -0.15) is 4.98 Å². The lowest BCUT2D eigenvalue weighted by Crippen LogP contribution is -2.13. The first-order valence-electron chi connectivity index (χ1n) is 6.79. The number of hydrogen-bond donors (Lipinski definition) is 2. The van der Waals surface area contributed by atoms with Gasteiger partial charge < -0.3 is 9.72 Å². The number of carbonyl (C=O) groups excluding carboxylic acids is 1. The van der Waals surface area contributed by atoms with Gasteiger partial charge in [0.1, 0.15) is 11.3 Å². The molecule has 23 heavy (non-hydrogen) atoms. The maximum Gasteiger partial charge on any atom is 0.268 e. The number of methoxy groups -OCH3 is 1. The number of ether oxygens (including phenoxy) is 1. The van der Waals surface area contributed by atoms with Gasteiger partial charge in [0.15, 0.2) is 5.65 Å². The highest BCUT2D eigenvalue weighted by Crippen LogP contribution is 2.26. The third-order valence-electron chi connectivity index (χ3n) is 3.39. The summed E-state index contributed by atoms with van der Waals surface area (Å²) >= 11 is 1.35. The number of nitrogens with one attached hydrogen (secondary N) is 2. The fraction of sp³-hybridized carbons (Fsp3) is 0.0667. The van der Waals surface area contributed by atoms with Gasteiger partial charge in [-0.25, -0.2) is 0 Å². The van der Waals surface area contributed by atoms with Gasteiger partial charge in [0.25, 0.3) is 11.9 Å². The summed E-state index contributed by atoms with van der Waals surface area (Å²) in [6, 6.07) is 9.16. The summed E-state index contributed by atoms with van der Waals surface area (Å²) in [5.74, 6) is 0.642. The normalized spacial score (nSPS) is 11.0. The van der Waals surface area contributed by atoms with Crippen LogP contribution in [0, 0.1) is 0 Å². The molecule has 0 unspecified atom stereocenters. The maximum atomic E-state index is 12.0. The Labute approximate surface area is 134 Å². The van der Waals surface area contributed by atoms with Crippen LogP contribution >= 0.6 is 11.3 Å². The van der Waals surface area contributed by atoms with E-state index in [2.05, 4.69) is 25.5 Å². The number of rotatable bonds is 3. The first-order chi connectivity index (χ1) is 11.2. The average Bonchev–Trinajstić information content (AvgIpc) is 3.21. The molecule has 0 radical (unpaired) electrons. The van der Waals surface area contributed by atoms with Gasteiger partial charge in [0.05, 0.1) is 12.0 Å². The van der Waals surface area contributed by atoms with Crippen LogP contribution in [0.2, 0.25) is 0 Å². The van der Waals surface area contributed by atoms with Crippen LogP contribution in [0.3, 0.4) is 0 Å². The molecule has 3 aromatic heterocycles. The molecule has 1 aromatic carbocycles. The van der Waals surface area contributed by atoms with Crippen LogP contribution in [0.5, 0.6) is 5.75 Å². The summed E-state index contributed by atoms with van der Waals surface area (Å²) in [6.45, 7) is 0. The second-order valence-corrected chi connectivity index (χ2v) is 5.75. The van der Waals surface area contributed by atoms with Crippen molar-refractivity contribution in [1.82, 2.24) is 20.2 Å². The van der Waals surface area contributed by atoms with Crippen molar-refractivity contribution in [3.63, 3.8) is 0 Å². The molecular formula is C15H11N5O2S. The van der Waals surface area contributed by atoms with Gasteiger partial charge in [0, 0.05) is 10.9 Å². The number of carbonyl (C=O) groups is 1. The SMILES string of the molecule is COc1ccc2[nH]c3nc(NC(=O)c4cccs4)nnc3c2c1. The van der Waals surface area contributed by atoms with Crippen molar-refractivity contribution < 1.29 is 9.53 Å². The number of fused-ring (bicyclic) bond motifs is 3. The highest BCUT2D eigenvalue weighted by Gasteiger charge is 2.13. The molecule has 0 aliphatic heterocycles. The van der Waals surface area contributed by atoms with E-state index in [1.807, 2.05) is 29.6 Å². The topological polar surface area (TPSA) is 92.8 Å². The minimum atomic E-state index is -0.251. The zero-order valence-electron chi connectivity index (χ0n) is 12.0. The molecule has 0 fully saturated rings. The molecule has 0 saturated carbocycles. The Kier molecular flexibility index (Phi) is 3.16. The van der Waals surface area contributed by atoms with Crippen molar-refractivity contribution in [2.75, 3.05) is 12.4 Å². The number of benzene rings is 1. The number of thiophene rings is 1. The molecule has 2 N–H and O–H groups in total. The van der Waals surface area contributed by atoms with E-state index in [0.29, 0.717) is 16.0 Å². The lowest BCUT2D eigenvalue weighted by atomic mass is 10.2. The zero-order chi connectivity index (χ0) is 15.8. The molecule has 0 aliphatic rings. The quantitative estimate of drug-likeness (QED) is 0.604. The van der Waals surface area contributed by atoms with Crippen molar-refractivity contribution in [3.05, 3.63) is 40.6 Å². The highest BCUT2D eigenvalue weighted by atomic mass is 32.1. The van der Waals surface area contributed by atoms with Crippen LogP contribution in [-0.2, 0) is 0 Å². The summed E-state index contributed by atoms with van der Waals surface area (Å²) in [5.41, 5.74) is 2.07. The van der Waals surface area contributed by atoms with E-state index in [1.165, 1.54) is 11.3 Å². The lowest BCUT2D eigenvalue weighted by molar-refractivity contribution is 0.102. The van der Waals surface area contributed by atoms with Gasteiger partial charge >= 0.3 is 0 Å². The molecule has 4 aromatic rings. The Morgan fingerprint density at radius 1 is 1.30 bits per heavy atom. The Hall–Kier alpha value is -3.00. The smallest absolute Gasteiger partial charge is 0.268 e. The molecule has 7 nitrogen and oxygen atoms in total. The van der Waals surface area contributed by atoms with Crippen molar-refractivity contribution in [3.8, 4) is 5.75 Å². The Morgan fingerprint density at radius 2 is 2.22 bits per heavy atom. The Morgan fingerprint density at radius 3 is 3.00 bits per heavy atom. The van der Waals surface area contributed by atoms with Crippen molar-refractivity contribution in [2.24, 2.45) is 0 Å². The summed E-state index contributed by atoms with van der Waals surface area (Å²) in [5, 5.41) is 13.5. The summed E-state index contributed by atoms with van der Waals surface area (Å²) < 4.78 is 5.22. The van der Waals surface area contributed by atoms with Gasteiger partial charge in [-0.1, -0.05) is 6.07 Å². The summed E-state index contributed by atoms with van der Waals surface area (Å²) in [6.07, 6.45) is 0. The zero-order valence-corrected chi connectivity index (χ0v) is 12.8. The minimum absolute atomic E-state index is 0.162. The third kappa shape index (κ3) is 2.38. The molecule has 1 amide bonds. The summed E-state index contributed by atoms with van der Waals surface area (Å²) in [4.78, 5) is 20.1. The first-order valence-corrected chi connectivity index (χ1v) is 7.67. The number of H-pyrrole nitrogens is 1. The molecule has 0 atom stereocenters. The fourth-order valence-electron chi connectivity index (χ4n) is 2.30. The molecular weight excluding hydrogens is 314 g/mol. The number of amides is 1. The van der Waals surface area contributed by atoms with E-state index in [9.17, 15) is 4.79 Å². The second-order valence-electron chi connectivity index (χ2n) is 4.80. The van der Waals surface area contributed by atoms with Crippen LogP contribution in [0.15, 0.2) is 35.7 Å². The largest absolute Gasteiger partial charge is 0.497 e. The fourth-order valence-corrected chi connectivity index (χ4v) is 2.92.